The summed E-state index contributed by atoms with van der Waals surface area (Å²) < 4.78 is 1.99. The van der Waals surface area contributed by atoms with Gasteiger partial charge in [-0.15, -0.1) is 11.6 Å². The maximum atomic E-state index is 11.8. The van der Waals surface area contributed by atoms with Crippen molar-refractivity contribution in [2.24, 2.45) is 0 Å². The predicted molar refractivity (Wildman–Crippen MR) is 80.0 cm³/mol. The van der Waals surface area contributed by atoms with E-state index in [0.29, 0.717) is 10.6 Å². The minimum absolute atomic E-state index is 0.00801. The number of aromatic nitrogens is 1. The van der Waals surface area contributed by atoms with Crippen LogP contribution in [0.2, 0.25) is 5.02 Å². The van der Waals surface area contributed by atoms with Crippen molar-refractivity contribution < 1.29 is 4.79 Å². The SMILES string of the molecule is Cc1ccc(-n2c(C)cc(C(=O)CCl)c2C)c(Cl)c1. The van der Waals surface area contributed by atoms with Crippen LogP contribution < -0.4 is 0 Å². The van der Waals surface area contributed by atoms with Gasteiger partial charge < -0.3 is 4.57 Å². The van der Waals surface area contributed by atoms with Gasteiger partial charge in [-0.25, -0.2) is 0 Å². The van der Waals surface area contributed by atoms with Crippen molar-refractivity contribution in [3.05, 3.63) is 51.8 Å². The predicted octanol–water partition coefficient (Wildman–Crippen LogP) is 4.48. The molecule has 100 valence electrons. The van der Waals surface area contributed by atoms with Crippen LogP contribution in [-0.4, -0.2) is 16.2 Å². The molecule has 2 rings (SSSR count). The van der Waals surface area contributed by atoms with Gasteiger partial charge in [0, 0.05) is 17.0 Å². The molecule has 0 atom stereocenters. The van der Waals surface area contributed by atoms with Crippen molar-refractivity contribution in [3.63, 3.8) is 0 Å². The molecule has 1 aromatic carbocycles. The first kappa shape index (κ1) is 14.2. The second kappa shape index (κ2) is 5.40. The highest BCUT2D eigenvalue weighted by Gasteiger charge is 2.17. The molecule has 0 radical (unpaired) electrons. The summed E-state index contributed by atoms with van der Waals surface area (Å²) in [4.78, 5) is 11.8. The zero-order valence-corrected chi connectivity index (χ0v) is 12.6. The van der Waals surface area contributed by atoms with Gasteiger partial charge in [0.05, 0.1) is 16.6 Å². The van der Waals surface area contributed by atoms with E-state index in [9.17, 15) is 4.79 Å². The number of Topliss-reactive ketones (excluding diaryl/α,β-unsaturated/α-hetero) is 1. The van der Waals surface area contributed by atoms with Crippen molar-refractivity contribution in [1.29, 1.82) is 0 Å². The molecule has 0 saturated carbocycles. The minimum atomic E-state index is -0.0655. The molecule has 4 heteroatoms. The molecule has 0 unspecified atom stereocenters. The van der Waals surface area contributed by atoms with E-state index in [0.717, 1.165) is 22.6 Å². The van der Waals surface area contributed by atoms with Gasteiger partial charge in [0.25, 0.3) is 0 Å². The zero-order chi connectivity index (χ0) is 14.2. The lowest BCUT2D eigenvalue weighted by Gasteiger charge is -2.12. The Morgan fingerprint density at radius 2 is 1.89 bits per heavy atom. The molecular weight excluding hydrogens is 281 g/mol. The average molecular weight is 296 g/mol. The largest absolute Gasteiger partial charge is 0.316 e. The Bertz CT molecular complexity index is 644. The first-order chi connectivity index (χ1) is 8.95. The molecule has 0 aliphatic rings. The second-order valence-corrected chi connectivity index (χ2v) is 5.31. The van der Waals surface area contributed by atoms with Crippen molar-refractivity contribution in [2.45, 2.75) is 20.8 Å². The molecule has 0 N–H and O–H groups in total. The van der Waals surface area contributed by atoms with Crippen LogP contribution in [0.3, 0.4) is 0 Å². The van der Waals surface area contributed by atoms with Crippen LogP contribution in [0.5, 0.6) is 0 Å². The summed E-state index contributed by atoms with van der Waals surface area (Å²) >= 11 is 11.9. The molecule has 0 bridgehead atoms. The molecule has 2 aromatic rings. The molecule has 0 spiro atoms. The highest BCUT2D eigenvalue weighted by Crippen LogP contribution is 2.27. The maximum Gasteiger partial charge on any atom is 0.179 e. The van der Waals surface area contributed by atoms with E-state index >= 15 is 0 Å². The van der Waals surface area contributed by atoms with Crippen LogP contribution in [0.25, 0.3) is 5.69 Å². The normalized spacial score (nSPS) is 10.8. The third-order valence-electron chi connectivity index (χ3n) is 3.20. The van der Waals surface area contributed by atoms with Crippen LogP contribution in [-0.2, 0) is 0 Å². The summed E-state index contributed by atoms with van der Waals surface area (Å²) in [7, 11) is 0. The molecule has 19 heavy (non-hydrogen) atoms. The fourth-order valence-electron chi connectivity index (χ4n) is 2.28. The van der Waals surface area contributed by atoms with E-state index in [1.165, 1.54) is 0 Å². The third-order valence-corrected chi connectivity index (χ3v) is 3.74. The number of ketones is 1. The Kier molecular flexibility index (Phi) is 4.02. The quantitative estimate of drug-likeness (QED) is 0.604. The number of rotatable bonds is 3. The van der Waals surface area contributed by atoms with Crippen LogP contribution in [0.4, 0.5) is 0 Å². The highest BCUT2D eigenvalue weighted by molar-refractivity contribution is 6.32. The summed E-state index contributed by atoms with van der Waals surface area (Å²) in [5.74, 6) is -0.0735. The number of alkyl halides is 1. The van der Waals surface area contributed by atoms with Crippen molar-refractivity contribution >= 4 is 29.0 Å². The maximum absolute atomic E-state index is 11.8. The summed E-state index contributed by atoms with van der Waals surface area (Å²) in [5.41, 5.74) is 4.49. The number of hydrogen-bond donors (Lipinski definition) is 0. The molecule has 1 heterocycles. The lowest BCUT2D eigenvalue weighted by Crippen LogP contribution is -2.04. The van der Waals surface area contributed by atoms with E-state index in [-0.39, 0.29) is 11.7 Å². The zero-order valence-electron chi connectivity index (χ0n) is 11.1. The second-order valence-electron chi connectivity index (χ2n) is 4.63. The number of carbonyl (C=O) groups is 1. The number of nitrogens with zero attached hydrogens (tertiary/aromatic N) is 1. The smallest absolute Gasteiger partial charge is 0.179 e. The molecule has 1 aromatic heterocycles. The molecule has 0 aliphatic carbocycles. The molecule has 2 nitrogen and oxygen atoms in total. The van der Waals surface area contributed by atoms with E-state index in [1.54, 1.807) is 0 Å². The molecular formula is C15H15Cl2NO. The fraction of sp³-hybridized carbons (Fsp3) is 0.267. The van der Waals surface area contributed by atoms with Crippen molar-refractivity contribution in [3.8, 4) is 5.69 Å². The molecule has 0 saturated heterocycles. The number of halogens is 2. The summed E-state index contributed by atoms with van der Waals surface area (Å²) in [6.07, 6.45) is 0. The van der Waals surface area contributed by atoms with Gasteiger partial charge in [-0.2, -0.15) is 0 Å². The van der Waals surface area contributed by atoms with E-state index in [4.69, 9.17) is 23.2 Å². The van der Waals surface area contributed by atoms with Crippen LogP contribution in [0.1, 0.15) is 27.3 Å². The molecule has 0 amide bonds. The van der Waals surface area contributed by atoms with Crippen molar-refractivity contribution in [2.75, 3.05) is 5.88 Å². The van der Waals surface area contributed by atoms with Gasteiger partial charge in [0.15, 0.2) is 5.78 Å². The van der Waals surface area contributed by atoms with Gasteiger partial charge in [-0.05, 0) is 44.5 Å². The van der Waals surface area contributed by atoms with E-state index < -0.39 is 0 Å². The Hall–Kier alpha value is -1.25. The Balaban J connectivity index is 2.63. The molecule has 0 aliphatic heterocycles. The number of aryl methyl sites for hydroxylation is 2. The monoisotopic (exact) mass is 295 g/mol. The fourth-order valence-corrected chi connectivity index (χ4v) is 2.74. The van der Waals surface area contributed by atoms with E-state index in [2.05, 4.69) is 0 Å². The Morgan fingerprint density at radius 1 is 1.21 bits per heavy atom. The lowest BCUT2D eigenvalue weighted by atomic mass is 10.2. The van der Waals surface area contributed by atoms with Gasteiger partial charge in [0.1, 0.15) is 0 Å². The molecule has 0 fully saturated rings. The average Bonchev–Trinajstić information content (AvgIpc) is 2.65. The van der Waals surface area contributed by atoms with E-state index in [1.807, 2.05) is 49.6 Å². The van der Waals surface area contributed by atoms with Gasteiger partial charge in [-0.3, -0.25) is 4.79 Å². The lowest BCUT2D eigenvalue weighted by molar-refractivity contribution is 0.102. The van der Waals surface area contributed by atoms with Crippen LogP contribution >= 0.6 is 23.2 Å². The minimum Gasteiger partial charge on any atom is -0.316 e. The first-order valence-corrected chi connectivity index (χ1v) is 6.91. The Morgan fingerprint density at radius 3 is 2.47 bits per heavy atom. The van der Waals surface area contributed by atoms with Gasteiger partial charge in [-0.1, -0.05) is 17.7 Å². The summed E-state index contributed by atoms with van der Waals surface area (Å²) in [6.45, 7) is 5.85. The van der Waals surface area contributed by atoms with Gasteiger partial charge in [0.2, 0.25) is 0 Å². The van der Waals surface area contributed by atoms with Gasteiger partial charge >= 0.3 is 0 Å². The number of carbonyl (C=O) groups excluding carboxylic acids is 1. The van der Waals surface area contributed by atoms with Crippen LogP contribution in [0, 0.1) is 20.8 Å². The number of hydrogen-bond acceptors (Lipinski definition) is 1. The first-order valence-electron chi connectivity index (χ1n) is 6.00. The third kappa shape index (κ3) is 2.56. The van der Waals surface area contributed by atoms with Crippen molar-refractivity contribution in [1.82, 2.24) is 4.57 Å². The topological polar surface area (TPSA) is 22.0 Å². The Labute approximate surface area is 123 Å². The summed E-state index contributed by atoms with van der Waals surface area (Å²) in [5, 5.41) is 0.673. The standard InChI is InChI=1S/C15H15Cl2NO/c1-9-4-5-14(13(17)6-9)18-10(2)7-12(11(18)3)15(19)8-16/h4-7H,8H2,1-3H3. The summed E-state index contributed by atoms with van der Waals surface area (Å²) in [6, 6.07) is 7.74. The van der Waals surface area contributed by atoms with Crippen LogP contribution in [0.15, 0.2) is 24.3 Å². The highest BCUT2D eigenvalue weighted by atomic mass is 35.5. The number of benzene rings is 1.